The lowest BCUT2D eigenvalue weighted by molar-refractivity contribution is -0.385. The monoisotopic (exact) mass is 313 g/mol. The lowest BCUT2D eigenvalue weighted by atomic mass is 10.0. The highest BCUT2D eigenvalue weighted by Crippen LogP contribution is 2.19. The van der Waals surface area contributed by atoms with E-state index >= 15 is 0 Å². The van der Waals surface area contributed by atoms with E-state index in [1.807, 2.05) is 6.92 Å². The Kier molecular flexibility index (Phi) is 7.08. The molecule has 6 nitrogen and oxygen atoms in total. The van der Waals surface area contributed by atoms with Gasteiger partial charge in [0.2, 0.25) is 0 Å². The SMILES string of the molecule is CCCCC(CCC)NC(=O)c1cc([N+](=O)[O-])cnc1Cl. The molecule has 1 heterocycles. The summed E-state index contributed by atoms with van der Waals surface area (Å²) in [4.78, 5) is 26.1. The Morgan fingerprint density at radius 2 is 2.14 bits per heavy atom. The molecule has 116 valence electrons. The Bertz CT molecular complexity index is 508. The van der Waals surface area contributed by atoms with Crippen molar-refractivity contribution >= 4 is 23.2 Å². The summed E-state index contributed by atoms with van der Waals surface area (Å²) in [6.45, 7) is 4.14. The van der Waals surface area contributed by atoms with Crippen LogP contribution in [0.15, 0.2) is 12.3 Å². The summed E-state index contributed by atoms with van der Waals surface area (Å²) in [5, 5.41) is 13.6. The molecule has 0 aliphatic heterocycles. The molecule has 0 radical (unpaired) electrons. The Morgan fingerprint density at radius 3 is 2.71 bits per heavy atom. The second kappa shape index (κ2) is 8.56. The number of carbonyl (C=O) groups excluding carboxylic acids is 1. The smallest absolute Gasteiger partial charge is 0.288 e. The highest BCUT2D eigenvalue weighted by Gasteiger charge is 2.19. The van der Waals surface area contributed by atoms with Gasteiger partial charge in [0, 0.05) is 12.1 Å². The van der Waals surface area contributed by atoms with Crippen LogP contribution in [-0.2, 0) is 0 Å². The Morgan fingerprint density at radius 1 is 1.43 bits per heavy atom. The number of nitrogens with zero attached hydrogens (tertiary/aromatic N) is 2. The molecule has 1 atom stereocenters. The maximum Gasteiger partial charge on any atom is 0.288 e. The van der Waals surface area contributed by atoms with Gasteiger partial charge >= 0.3 is 0 Å². The van der Waals surface area contributed by atoms with E-state index in [1.165, 1.54) is 0 Å². The zero-order valence-corrected chi connectivity index (χ0v) is 13.0. The molecule has 0 bridgehead atoms. The van der Waals surface area contributed by atoms with E-state index < -0.39 is 10.8 Å². The van der Waals surface area contributed by atoms with E-state index in [1.54, 1.807) is 0 Å². The number of hydrogen-bond donors (Lipinski definition) is 1. The molecule has 0 spiro atoms. The molecule has 0 fully saturated rings. The van der Waals surface area contributed by atoms with Crippen LogP contribution >= 0.6 is 11.6 Å². The molecule has 21 heavy (non-hydrogen) atoms. The molecule has 0 saturated heterocycles. The van der Waals surface area contributed by atoms with E-state index in [0.29, 0.717) is 0 Å². The molecular weight excluding hydrogens is 294 g/mol. The molecule has 1 unspecified atom stereocenters. The van der Waals surface area contributed by atoms with Gasteiger partial charge in [0.25, 0.3) is 11.6 Å². The van der Waals surface area contributed by atoms with Crippen molar-refractivity contribution in [1.29, 1.82) is 0 Å². The average molecular weight is 314 g/mol. The van der Waals surface area contributed by atoms with Gasteiger partial charge in [-0.25, -0.2) is 4.98 Å². The van der Waals surface area contributed by atoms with Crippen LogP contribution in [0.3, 0.4) is 0 Å². The van der Waals surface area contributed by atoms with Crippen LogP contribution in [-0.4, -0.2) is 21.9 Å². The molecule has 1 aromatic rings. The minimum absolute atomic E-state index is 0.0242. The second-order valence-corrected chi connectivity index (χ2v) is 5.25. The molecule has 1 rings (SSSR count). The fourth-order valence-electron chi connectivity index (χ4n) is 2.05. The first-order chi connectivity index (χ1) is 9.99. The minimum Gasteiger partial charge on any atom is -0.349 e. The Hall–Kier alpha value is -1.69. The molecule has 7 heteroatoms. The Balaban J connectivity index is 2.85. The van der Waals surface area contributed by atoms with Crippen molar-refractivity contribution in [2.24, 2.45) is 0 Å². The summed E-state index contributed by atoms with van der Waals surface area (Å²) in [5.41, 5.74) is -0.200. The number of unbranched alkanes of at least 4 members (excludes halogenated alkanes) is 1. The number of carbonyl (C=O) groups is 1. The molecule has 0 saturated carbocycles. The molecule has 1 amide bonds. The summed E-state index contributed by atoms with van der Waals surface area (Å²) in [6, 6.07) is 1.21. The van der Waals surface area contributed by atoms with Crippen LogP contribution in [0.25, 0.3) is 0 Å². The van der Waals surface area contributed by atoms with Gasteiger partial charge in [0.1, 0.15) is 11.3 Å². The Labute approximate surface area is 129 Å². The summed E-state index contributed by atoms with van der Waals surface area (Å²) in [7, 11) is 0. The van der Waals surface area contributed by atoms with Crippen LogP contribution < -0.4 is 5.32 Å². The average Bonchev–Trinajstić information content (AvgIpc) is 2.45. The molecule has 0 aliphatic rings. The van der Waals surface area contributed by atoms with Crippen molar-refractivity contribution < 1.29 is 9.72 Å². The van der Waals surface area contributed by atoms with Gasteiger partial charge in [-0.1, -0.05) is 44.7 Å². The number of hydrogen-bond acceptors (Lipinski definition) is 4. The van der Waals surface area contributed by atoms with Crippen LogP contribution in [0.1, 0.15) is 56.3 Å². The third-order valence-corrected chi connectivity index (χ3v) is 3.46. The number of nitrogens with one attached hydrogen (secondary N) is 1. The summed E-state index contributed by atoms with van der Waals surface area (Å²) >= 11 is 5.87. The first-order valence-corrected chi connectivity index (χ1v) is 7.48. The van der Waals surface area contributed by atoms with Crippen molar-refractivity contribution in [2.75, 3.05) is 0 Å². The van der Waals surface area contributed by atoms with Crippen LogP contribution in [0.4, 0.5) is 5.69 Å². The number of aromatic nitrogens is 1. The van der Waals surface area contributed by atoms with Gasteiger partial charge in [0.05, 0.1) is 10.5 Å². The molecule has 0 aromatic carbocycles. The summed E-state index contributed by atoms with van der Waals surface area (Å²) in [6.07, 6.45) is 5.82. The van der Waals surface area contributed by atoms with Gasteiger partial charge in [-0.05, 0) is 12.8 Å². The first-order valence-electron chi connectivity index (χ1n) is 7.10. The number of nitro groups is 1. The van der Waals surface area contributed by atoms with E-state index in [9.17, 15) is 14.9 Å². The van der Waals surface area contributed by atoms with Crippen molar-refractivity contribution in [3.63, 3.8) is 0 Å². The molecule has 0 aliphatic carbocycles. The largest absolute Gasteiger partial charge is 0.349 e. The third kappa shape index (κ3) is 5.30. The van der Waals surface area contributed by atoms with E-state index in [0.717, 1.165) is 44.4 Å². The first kappa shape index (κ1) is 17.4. The fraction of sp³-hybridized carbons (Fsp3) is 0.571. The lowest BCUT2D eigenvalue weighted by Gasteiger charge is -2.18. The zero-order valence-electron chi connectivity index (χ0n) is 12.3. The summed E-state index contributed by atoms with van der Waals surface area (Å²) in [5.74, 6) is -0.411. The van der Waals surface area contributed by atoms with Crippen molar-refractivity contribution in [3.05, 3.63) is 33.1 Å². The quantitative estimate of drug-likeness (QED) is 0.450. The van der Waals surface area contributed by atoms with Gasteiger partial charge in [-0.2, -0.15) is 0 Å². The maximum atomic E-state index is 12.2. The van der Waals surface area contributed by atoms with Crippen LogP contribution in [0.5, 0.6) is 0 Å². The highest BCUT2D eigenvalue weighted by molar-refractivity contribution is 6.32. The number of pyridine rings is 1. The van der Waals surface area contributed by atoms with E-state index in [4.69, 9.17) is 11.6 Å². The molecule has 1 N–H and O–H groups in total. The van der Waals surface area contributed by atoms with Crippen LogP contribution in [0, 0.1) is 10.1 Å². The topological polar surface area (TPSA) is 85.1 Å². The second-order valence-electron chi connectivity index (χ2n) is 4.89. The number of amides is 1. The third-order valence-electron chi connectivity index (χ3n) is 3.16. The zero-order chi connectivity index (χ0) is 15.8. The minimum atomic E-state index is -0.597. The molecule has 1 aromatic heterocycles. The van der Waals surface area contributed by atoms with Crippen molar-refractivity contribution in [2.45, 2.75) is 52.0 Å². The normalized spacial score (nSPS) is 12.0. The molecular formula is C14H20ClN3O3. The number of halogens is 1. The summed E-state index contributed by atoms with van der Waals surface area (Å²) < 4.78 is 0. The lowest BCUT2D eigenvalue weighted by Crippen LogP contribution is -2.35. The van der Waals surface area contributed by atoms with Gasteiger partial charge in [-0.3, -0.25) is 14.9 Å². The number of rotatable bonds is 8. The van der Waals surface area contributed by atoms with Crippen molar-refractivity contribution in [1.82, 2.24) is 10.3 Å². The highest BCUT2D eigenvalue weighted by atomic mass is 35.5. The fourth-order valence-corrected chi connectivity index (χ4v) is 2.24. The maximum absolute atomic E-state index is 12.2. The standard InChI is InChI=1S/C14H20ClN3O3/c1-3-5-7-10(6-4-2)17-14(19)12-8-11(18(20)21)9-16-13(12)15/h8-10H,3-7H2,1-2H3,(H,17,19). The van der Waals surface area contributed by atoms with Crippen LogP contribution in [0.2, 0.25) is 5.15 Å². The van der Waals surface area contributed by atoms with Gasteiger partial charge in [-0.15, -0.1) is 0 Å². The predicted octanol–water partition coefficient (Wildman–Crippen LogP) is 3.73. The van der Waals surface area contributed by atoms with E-state index in [2.05, 4.69) is 17.2 Å². The van der Waals surface area contributed by atoms with Gasteiger partial charge in [0.15, 0.2) is 0 Å². The van der Waals surface area contributed by atoms with E-state index in [-0.39, 0.29) is 22.4 Å². The predicted molar refractivity (Wildman–Crippen MR) is 81.6 cm³/mol. The van der Waals surface area contributed by atoms with Crippen molar-refractivity contribution in [3.8, 4) is 0 Å². The van der Waals surface area contributed by atoms with Gasteiger partial charge < -0.3 is 5.32 Å².